The Labute approximate surface area is 134 Å². The molecular weight excluding hydrogens is 272 g/mol. The lowest BCUT2D eigenvalue weighted by molar-refractivity contribution is 0.422. The minimum absolute atomic E-state index is 0.534. The highest BCUT2D eigenvalue weighted by atomic mass is 15.0. The molecule has 3 aliphatic rings. The van der Waals surface area contributed by atoms with Crippen LogP contribution in [-0.2, 0) is 0 Å². The third-order valence-electron chi connectivity index (χ3n) is 5.02. The molecule has 122 valence electrons. The maximum atomic E-state index is 5.80. The number of allylic oxidation sites excluding steroid dienone is 4. The van der Waals surface area contributed by atoms with Crippen molar-refractivity contribution in [2.75, 3.05) is 13.1 Å². The number of rotatable bonds is 4. The predicted octanol–water partition coefficient (Wildman–Crippen LogP) is 2.33. The van der Waals surface area contributed by atoms with Gasteiger partial charge in [-0.05, 0) is 43.9 Å². The highest BCUT2D eigenvalue weighted by Gasteiger charge is 2.20. The summed E-state index contributed by atoms with van der Waals surface area (Å²) in [5.41, 5.74) is 9.64. The molecule has 0 aliphatic carbocycles. The quantitative estimate of drug-likeness (QED) is 0.644. The molecular formula is C18H30N4. The Morgan fingerprint density at radius 1 is 1.09 bits per heavy atom. The number of nitrogens with two attached hydrogens (primary N) is 1. The van der Waals surface area contributed by atoms with Crippen LogP contribution in [0.15, 0.2) is 35.4 Å². The van der Waals surface area contributed by atoms with Crippen LogP contribution in [0.2, 0.25) is 0 Å². The van der Waals surface area contributed by atoms with Gasteiger partial charge >= 0.3 is 0 Å². The van der Waals surface area contributed by atoms with Crippen molar-refractivity contribution >= 4 is 0 Å². The highest BCUT2D eigenvalue weighted by molar-refractivity contribution is 5.12. The molecule has 4 nitrogen and oxygen atoms in total. The average molecular weight is 302 g/mol. The van der Waals surface area contributed by atoms with E-state index in [1.807, 2.05) is 6.20 Å². The molecule has 0 aromatic heterocycles. The summed E-state index contributed by atoms with van der Waals surface area (Å²) in [6.07, 6.45) is 13.6. The van der Waals surface area contributed by atoms with Gasteiger partial charge in [-0.25, -0.2) is 0 Å². The van der Waals surface area contributed by atoms with Crippen LogP contribution in [0.3, 0.4) is 0 Å². The van der Waals surface area contributed by atoms with Gasteiger partial charge in [0.2, 0.25) is 0 Å². The largest absolute Gasteiger partial charge is 0.401 e. The molecule has 0 spiro atoms. The fourth-order valence-corrected chi connectivity index (χ4v) is 3.47. The molecule has 3 aliphatic heterocycles. The molecule has 3 heterocycles. The first-order valence-corrected chi connectivity index (χ1v) is 8.75. The zero-order valence-electron chi connectivity index (χ0n) is 13.7. The minimum atomic E-state index is 0.534. The summed E-state index contributed by atoms with van der Waals surface area (Å²) in [5, 5.41) is 10.6. The van der Waals surface area contributed by atoms with Gasteiger partial charge in [0.15, 0.2) is 0 Å². The van der Waals surface area contributed by atoms with Crippen molar-refractivity contribution < 1.29 is 0 Å². The van der Waals surface area contributed by atoms with Gasteiger partial charge in [-0.3, -0.25) is 0 Å². The Hall–Kier alpha value is -1.58. The Balaban J connectivity index is 1.44. The second-order valence-electron chi connectivity index (χ2n) is 7.19. The fraction of sp³-hybridized carbons (Fsp3) is 0.667. The predicted molar refractivity (Wildman–Crippen MR) is 91.7 cm³/mol. The Kier molecular flexibility index (Phi) is 4.96. The van der Waals surface area contributed by atoms with Crippen molar-refractivity contribution in [3.05, 3.63) is 35.4 Å². The summed E-state index contributed by atoms with van der Waals surface area (Å²) in [5.74, 6) is 1.51. The van der Waals surface area contributed by atoms with E-state index in [9.17, 15) is 0 Å². The van der Waals surface area contributed by atoms with Crippen LogP contribution in [0.1, 0.15) is 45.4 Å². The minimum Gasteiger partial charge on any atom is -0.401 e. The summed E-state index contributed by atoms with van der Waals surface area (Å²) in [4.78, 5) is 0. The van der Waals surface area contributed by atoms with E-state index in [0.717, 1.165) is 49.9 Å². The van der Waals surface area contributed by atoms with Gasteiger partial charge in [-0.2, -0.15) is 0 Å². The molecule has 4 heteroatoms. The monoisotopic (exact) mass is 302 g/mol. The lowest BCUT2D eigenvalue weighted by Gasteiger charge is -2.30. The van der Waals surface area contributed by atoms with E-state index in [-0.39, 0.29) is 0 Å². The summed E-state index contributed by atoms with van der Waals surface area (Å²) < 4.78 is 0. The molecule has 0 aromatic rings. The molecule has 0 radical (unpaired) electrons. The molecule has 0 saturated heterocycles. The molecule has 0 bridgehead atoms. The topological polar surface area (TPSA) is 62.1 Å². The average Bonchev–Trinajstić information content (AvgIpc) is 2.54. The fourth-order valence-electron chi connectivity index (χ4n) is 3.47. The van der Waals surface area contributed by atoms with Crippen LogP contribution in [0.4, 0.5) is 0 Å². The van der Waals surface area contributed by atoms with Gasteiger partial charge < -0.3 is 21.7 Å². The first-order valence-electron chi connectivity index (χ1n) is 8.75. The van der Waals surface area contributed by atoms with Gasteiger partial charge in [-0.1, -0.05) is 19.1 Å². The van der Waals surface area contributed by atoms with Crippen molar-refractivity contribution in [2.24, 2.45) is 17.6 Å². The van der Waals surface area contributed by atoms with Crippen molar-refractivity contribution in [1.29, 1.82) is 0 Å². The van der Waals surface area contributed by atoms with Crippen LogP contribution < -0.4 is 21.7 Å². The van der Waals surface area contributed by atoms with Crippen molar-refractivity contribution in [2.45, 2.75) is 51.5 Å². The molecule has 5 N–H and O–H groups in total. The van der Waals surface area contributed by atoms with E-state index in [1.54, 1.807) is 0 Å². The SMILES string of the molecule is CC1CC=C(CC2CC=C(CC3CCC(N)=CN3)NC2)NC1. The van der Waals surface area contributed by atoms with Crippen LogP contribution in [0.5, 0.6) is 0 Å². The Morgan fingerprint density at radius 3 is 2.50 bits per heavy atom. The smallest absolute Gasteiger partial charge is 0.0314 e. The van der Waals surface area contributed by atoms with Gasteiger partial charge in [0.25, 0.3) is 0 Å². The van der Waals surface area contributed by atoms with E-state index in [1.165, 1.54) is 30.7 Å². The first kappa shape index (κ1) is 15.3. The molecule has 3 atom stereocenters. The maximum absolute atomic E-state index is 5.80. The zero-order chi connectivity index (χ0) is 15.4. The van der Waals surface area contributed by atoms with Crippen LogP contribution in [-0.4, -0.2) is 19.1 Å². The normalized spacial score (nSPS) is 31.9. The molecule has 22 heavy (non-hydrogen) atoms. The van der Waals surface area contributed by atoms with E-state index < -0.39 is 0 Å². The number of nitrogens with one attached hydrogen (secondary N) is 3. The van der Waals surface area contributed by atoms with Crippen LogP contribution in [0.25, 0.3) is 0 Å². The van der Waals surface area contributed by atoms with Gasteiger partial charge in [-0.15, -0.1) is 0 Å². The van der Waals surface area contributed by atoms with Gasteiger partial charge in [0.1, 0.15) is 0 Å². The van der Waals surface area contributed by atoms with Gasteiger partial charge in [0, 0.05) is 48.8 Å². The van der Waals surface area contributed by atoms with Crippen molar-refractivity contribution in [3.63, 3.8) is 0 Å². The summed E-state index contributed by atoms with van der Waals surface area (Å²) >= 11 is 0. The Bertz CT molecular complexity index is 477. The standard InChI is InChI=1S/C18H30N4/c1-13-2-5-16(20-10-13)8-14-3-6-17(21-11-14)9-18-7-4-15(19)12-22-18/h5-6,12-14,18,20-22H,2-4,7-11,19H2,1H3. The maximum Gasteiger partial charge on any atom is 0.0314 e. The molecule has 3 rings (SSSR count). The molecule has 0 fully saturated rings. The first-order chi connectivity index (χ1) is 10.7. The second kappa shape index (κ2) is 7.12. The number of hydrogen-bond donors (Lipinski definition) is 4. The van der Waals surface area contributed by atoms with E-state index in [4.69, 9.17) is 5.73 Å². The molecule has 0 amide bonds. The van der Waals surface area contributed by atoms with Crippen LogP contribution in [0, 0.1) is 11.8 Å². The Morgan fingerprint density at radius 2 is 1.86 bits per heavy atom. The molecule has 0 aromatic carbocycles. The third-order valence-corrected chi connectivity index (χ3v) is 5.02. The lowest BCUT2D eigenvalue weighted by Crippen LogP contribution is -2.35. The third kappa shape index (κ3) is 4.21. The van der Waals surface area contributed by atoms with E-state index in [2.05, 4.69) is 35.0 Å². The highest BCUT2D eigenvalue weighted by Crippen LogP contribution is 2.24. The van der Waals surface area contributed by atoms with Crippen LogP contribution >= 0.6 is 0 Å². The van der Waals surface area contributed by atoms with E-state index >= 15 is 0 Å². The second-order valence-corrected chi connectivity index (χ2v) is 7.19. The summed E-state index contributed by atoms with van der Waals surface area (Å²) in [6.45, 7) is 4.54. The van der Waals surface area contributed by atoms with Crippen molar-refractivity contribution in [3.8, 4) is 0 Å². The summed E-state index contributed by atoms with van der Waals surface area (Å²) in [7, 11) is 0. The zero-order valence-corrected chi connectivity index (χ0v) is 13.7. The molecule has 3 unspecified atom stereocenters. The van der Waals surface area contributed by atoms with Crippen molar-refractivity contribution in [1.82, 2.24) is 16.0 Å². The lowest BCUT2D eigenvalue weighted by atomic mass is 9.91. The van der Waals surface area contributed by atoms with Gasteiger partial charge in [0.05, 0.1) is 0 Å². The number of hydrogen-bond acceptors (Lipinski definition) is 4. The summed E-state index contributed by atoms with van der Waals surface area (Å²) in [6, 6.07) is 0.534. The molecule has 0 saturated carbocycles. The van der Waals surface area contributed by atoms with E-state index in [0.29, 0.717) is 6.04 Å².